The van der Waals surface area contributed by atoms with E-state index in [1.807, 2.05) is 12.3 Å². The van der Waals surface area contributed by atoms with Gasteiger partial charge in [-0.2, -0.15) is 0 Å². The van der Waals surface area contributed by atoms with Crippen molar-refractivity contribution in [3.8, 4) is 0 Å². The summed E-state index contributed by atoms with van der Waals surface area (Å²) in [7, 11) is 0. The topological polar surface area (TPSA) is 24.9 Å². The van der Waals surface area contributed by atoms with Crippen molar-refractivity contribution in [1.82, 2.24) is 10.3 Å². The second kappa shape index (κ2) is 6.02. The Morgan fingerprint density at radius 1 is 1.33 bits per heavy atom. The molecule has 1 N–H and O–H groups in total. The van der Waals surface area contributed by atoms with Crippen LogP contribution in [0.25, 0.3) is 0 Å². The molecule has 0 spiro atoms. The van der Waals surface area contributed by atoms with Crippen LogP contribution in [-0.2, 0) is 13.0 Å². The maximum absolute atomic E-state index is 13.4. The van der Waals surface area contributed by atoms with Crippen LogP contribution in [0.1, 0.15) is 17.5 Å². The van der Waals surface area contributed by atoms with Crippen LogP contribution in [-0.4, -0.2) is 11.0 Å². The van der Waals surface area contributed by atoms with E-state index >= 15 is 0 Å². The summed E-state index contributed by atoms with van der Waals surface area (Å²) in [5.41, 5.74) is 0.136. The van der Waals surface area contributed by atoms with Gasteiger partial charge < -0.3 is 5.32 Å². The van der Waals surface area contributed by atoms with Crippen LogP contribution in [0.5, 0.6) is 0 Å². The number of nitrogens with zero attached hydrogens (tertiary/aromatic N) is 1. The van der Waals surface area contributed by atoms with Crippen molar-refractivity contribution in [2.75, 3.05) is 0 Å². The molecule has 0 aliphatic rings. The van der Waals surface area contributed by atoms with Crippen LogP contribution in [0, 0.1) is 11.6 Å². The summed E-state index contributed by atoms with van der Waals surface area (Å²) < 4.78 is 26.9. The number of nitrogens with one attached hydrogen (secondary N) is 1. The third-order valence-electron chi connectivity index (χ3n) is 2.66. The smallest absolute Gasteiger partial charge is 0.129 e. The number of benzene rings is 1. The molecule has 18 heavy (non-hydrogen) atoms. The fourth-order valence-corrected chi connectivity index (χ4v) is 2.27. The molecule has 2 nitrogen and oxygen atoms in total. The summed E-state index contributed by atoms with van der Waals surface area (Å²) in [6.45, 7) is 2.52. The maximum atomic E-state index is 13.4. The van der Waals surface area contributed by atoms with Gasteiger partial charge in [0.2, 0.25) is 0 Å². The maximum Gasteiger partial charge on any atom is 0.129 e. The van der Waals surface area contributed by atoms with Gasteiger partial charge in [0.25, 0.3) is 0 Å². The van der Waals surface area contributed by atoms with Crippen molar-refractivity contribution in [1.29, 1.82) is 0 Å². The Morgan fingerprint density at radius 3 is 2.67 bits per heavy atom. The minimum absolute atomic E-state index is 0.0136. The molecule has 1 aromatic carbocycles. The van der Waals surface area contributed by atoms with E-state index in [9.17, 15) is 8.78 Å². The zero-order valence-corrected chi connectivity index (χ0v) is 10.8. The molecule has 0 fully saturated rings. The Hall–Kier alpha value is -1.33. The Kier molecular flexibility index (Phi) is 4.38. The van der Waals surface area contributed by atoms with Gasteiger partial charge in [0, 0.05) is 29.7 Å². The van der Waals surface area contributed by atoms with Gasteiger partial charge in [0.15, 0.2) is 0 Å². The van der Waals surface area contributed by atoms with E-state index in [2.05, 4.69) is 10.3 Å². The number of halogens is 2. The Labute approximate surface area is 109 Å². The fraction of sp³-hybridized carbons (Fsp3) is 0.308. The normalized spacial score (nSPS) is 12.6. The van der Waals surface area contributed by atoms with Gasteiger partial charge in [-0.15, -0.1) is 11.3 Å². The lowest BCUT2D eigenvalue weighted by Crippen LogP contribution is -2.28. The molecule has 0 saturated heterocycles. The summed E-state index contributed by atoms with van der Waals surface area (Å²) >= 11 is 1.56. The highest BCUT2D eigenvalue weighted by atomic mass is 32.1. The van der Waals surface area contributed by atoms with Crippen LogP contribution in [0.3, 0.4) is 0 Å². The third kappa shape index (κ3) is 3.34. The molecule has 2 rings (SSSR count). The lowest BCUT2D eigenvalue weighted by atomic mass is 10.1. The molecule has 96 valence electrons. The highest BCUT2D eigenvalue weighted by Gasteiger charge is 2.12. The number of thiazole rings is 1. The molecule has 0 radical (unpaired) electrons. The zero-order chi connectivity index (χ0) is 13.0. The minimum Gasteiger partial charge on any atom is -0.308 e. The fourth-order valence-electron chi connectivity index (χ4n) is 1.71. The van der Waals surface area contributed by atoms with Crippen molar-refractivity contribution in [3.63, 3.8) is 0 Å². The molecule has 1 aromatic heterocycles. The lowest BCUT2D eigenvalue weighted by molar-refractivity contribution is 0.499. The van der Waals surface area contributed by atoms with Gasteiger partial charge in [-0.05, 0) is 25.5 Å². The zero-order valence-electron chi connectivity index (χ0n) is 9.99. The Balaban J connectivity index is 1.92. The summed E-state index contributed by atoms with van der Waals surface area (Å²) in [5, 5.41) is 6.07. The average Bonchev–Trinajstić information content (AvgIpc) is 2.84. The van der Waals surface area contributed by atoms with E-state index in [0.717, 1.165) is 5.01 Å². The van der Waals surface area contributed by atoms with E-state index < -0.39 is 11.6 Å². The van der Waals surface area contributed by atoms with Crippen molar-refractivity contribution in [3.05, 3.63) is 52.0 Å². The summed E-state index contributed by atoms with van der Waals surface area (Å²) in [4.78, 5) is 4.14. The van der Waals surface area contributed by atoms with Crippen molar-refractivity contribution in [2.45, 2.75) is 25.9 Å². The number of hydrogen-bond donors (Lipinski definition) is 1. The quantitative estimate of drug-likeness (QED) is 0.901. The molecular formula is C13H14F2N2S. The molecule has 5 heteroatoms. The summed E-state index contributed by atoms with van der Waals surface area (Å²) in [6.07, 6.45) is 2.06. The SMILES string of the molecule is CC(Cc1c(F)cccc1F)NCc1nccs1. The monoisotopic (exact) mass is 268 g/mol. The van der Waals surface area contributed by atoms with E-state index in [1.165, 1.54) is 18.2 Å². The van der Waals surface area contributed by atoms with Gasteiger partial charge >= 0.3 is 0 Å². The third-order valence-corrected chi connectivity index (χ3v) is 3.44. The standard InChI is InChI=1S/C13H14F2N2S/c1-9(17-8-13-16-5-6-18-13)7-10-11(14)3-2-4-12(10)15/h2-6,9,17H,7-8H2,1H3. The van der Waals surface area contributed by atoms with E-state index in [1.54, 1.807) is 17.5 Å². The molecule has 1 heterocycles. The summed E-state index contributed by atoms with van der Waals surface area (Å²) in [6, 6.07) is 3.93. The van der Waals surface area contributed by atoms with E-state index in [-0.39, 0.29) is 11.6 Å². The second-order valence-corrected chi connectivity index (χ2v) is 5.09. The van der Waals surface area contributed by atoms with Gasteiger partial charge in [0.1, 0.15) is 16.6 Å². The van der Waals surface area contributed by atoms with Crippen LogP contribution in [0.15, 0.2) is 29.8 Å². The predicted molar refractivity (Wildman–Crippen MR) is 68.5 cm³/mol. The first kappa shape index (κ1) is 13.1. The number of aromatic nitrogens is 1. The van der Waals surface area contributed by atoms with Gasteiger partial charge in [-0.1, -0.05) is 6.07 Å². The molecular weight excluding hydrogens is 254 g/mol. The lowest BCUT2D eigenvalue weighted by Gasteiger charge is -2.13. The molecule has 1 atom stereocenters. The Bertz CT molecular complexity index is 479. The Morgan fingerprint density at radius 2 is 2.06 bits per heavy atom. The van der Waals surface area contributed by atoms with Crippen molar-refractivity contribution < 1.29 is 8.78 Å². The highest BCUT2D eigenvalue weighted by Crippen LogP contribution is 2.14. The first-order valence-corrected chi connectivity index (χ1v) is 6.59. The first-order valence-electron chi connectivity index (χ1n) is 5.71. The van der Waals surface area contributed by atoms with E-state index in [0.29, 0.717) is 13.0 Å². The highest BCUT2D eigenvalue weighted by molar-refractivity contribution is 7.09. The molecule has 0 amide bonds. The molecule has 1 unspecified atom stereocenters. The second-order valence-electron chi connectivity index (χ2n) is 4.11. The largest absolute Gasteiger partial charge is 0.308 e. The van der Waals surface area contributed by atoms with E-state index in [4.69, 9.17) is 0 Å². The van der Waals surface area contributed by atoms with Crippen LogP contribution in [0.2, 0.25) is 0 Å². The van der Waals surface area contributed by atoms with Gasteiger partial charge in [-0.25, -0.2) is 13.8 Å². The average molecular weight is 268 g/mol. The van der Waals surface area contributed by atoms with Gasteiger partial charge in [0.05, 0.1) is 0 Å². The molecule has 0 aliphatic heterocycles. The summed E-state index contributed by atoms with van der Waals surface area (Å²) in [5.74, 6) is -0.976. The molecule has 0 saturated carbocycles. The molecule has 0 bridgehead atoms. The van der Waals surface area contributed by atoms with Gasteiger partial charge in [-0.3, -0.25) is 0 Å². The number of hydrogen-bond acceptors (Lipinski definition) is 3. The molecule has 2 aromatic rings. The predicted octanol–water partition coefficient (Wildman–Crippen LogP) is 3.14. The van der Waals surface area contributed by atoms with Crippen LogP contribution < -0.4 is 5.32 Å². The van der Waals surface area contributed by atoms with Crippen molar-refractivity contribution in [2.24, 2.45) is 0 Å². The number of rotatable bonds is 5. The van der Waals surface area contributed by atoms with Crippen LogP contribution in [0.4, 0.5) is 8.78 Å². The van der Waals surface area contributed by atoms with Crippen LogP contribution >= 0.6 is 11.3 Å². The van der Waals surface area contributed by atoms with Crippen molar-refractivity contribution >= 4 is 11.3 Å². The first-order chi connectivity index (χ1) is 8.66. The minimum atomic E-state index is -0.488. The molecule has 0 aliphatic carbocycles.